The summed E-state index contributed by atoms with van der Waals surface area (Å²) in [5.74, 6) is 0.701. The van der Waals surface area contributed by atoms with Crippen molar-refractivity contribution in [3.05, 3.63) is 15.9 Å². The standard InChI is InChI=1S/C16H30BrN3/c1-7-8-16(5,11-18-10-12(2)3)9-14-15(17)13(4)19-20(14)6/h12,18H,7-11H2,1-6H3. The van der Waals surface area contributed by atoms with Gasteiger partial charge in [-0.25, -0.2) is 0 Å². The van der Waals surface area contributed by atoms with Gasteiger partial charge in [0.05, 0.1) is 15.9 Å². The van der Waals surface area contributed by atoms with Gasteiger partial charge in [0.25, 0.3) is 0 Å². The Balaban J connectivity index is 2.79. The summed E-state index contributed by atoms with van der Waals surface area (Å²) in [6.45, 7) is 13.4. The molecule has 20 heavy (non-hydrogen) atoms. The average Bonchev–Trinajstić information content (AvgIpc) is 2.56. The molecule has 0 aliphatic rings. The van der Waals surface area contributed by atoms with E-state index in [-0.39, 0.29) is 5.41 Å². The molecule has 1 unspecified atom stereocenters. The van der Waals surface area contributed by atoms with E-state index in [9.17, 15) is 0 Å². The first-order chi connectivity index (χ1) is 9.29. The molecule has 0 aliphatic heterocycles. The second kappa shape index (κ2) is 7.60. The molecule has 0 saturated carbocycles. The van der Waals surface area contributed by atoms with Crippen molar-refractivity contribution < 1.29 is 0 Å². The zero-order valence-corrected chi connectivity index (χ0v) is 15.5. The highest BCUT2D eigenvalue weighted by Crippen LogP contribution is 2.31. The van der Waals surface area contributed by atoms with Gasteiger partial charge < -0.3 is 5.32 Å². The molecule has 1 aromatic heterocycles. The van der Waals surface area contributed by atoms with E-state index >= 15 is 0 Å². The van der Waals surface area contributed by atoms with Crippen LogP contribution in [0.25, 0.3) is 0 Å². The molecule has 0 bridgehead atoms. The second-order valence-corrected chi connectivity index (χ2v) is 7.52. The number of halogens is 1. The fraction of sp³-hybridized carbons (Fsp3) is 0.812. The van der Waals surface area contributed by atoms with E-state index in [0.717, 1.165) is 25.2 Å². The van der Waals surface area contributed by atoms with Gasteiger partial charge in [0.15, 0.2) is 0 Å². The zero-order chi connectivity index (χ0) is 15.3. The number of aromatic nitrogens is 2. The molecule has 1 aromatic rings. The number of hydrogen-bond acceptors (Lipinski definition) is 2. The molecular formula is C16H30BrN3. The summed E-state index contributed by atoms with van der Waals surface area (Å²) in [5, 5.41) is 8.14. The van der Waals surface area contributed by atoms with E-state index in [1.165, 1.54) is 23.0 Å². The van der Waals surface area contributed by atoms with Gasteiger partial charge in [0, 0.05) is 13.6 Å². The van der Waals surface area contributed by atoms with Crippen molar-refractivity contribution in [1.82, 2.24) is 15.1 Å². The maximum absolute atomic E-state index is 4.51. The van der Waals surface area contributed by atoms with E-state index < -0.39 is 0 Å². The predicted octanol–water partition coefficient (Wildman–Crippen LogP) is 4.09. The van der Waals surface area contributed by atoms with Crippen molar-refractivity contribution in [2.75, 3.05) is 13.1 Å². The Morgan fingerprint density at radius 1 is 1.40 bits per heavy atom. The third kappa shape index (κ3) is 4.88. The van der Waals surface area contributed by atoms with E-state index in [4.69, 9.17) is 0 Å². The lowest BCUT2D eigenvalue weighted by Gasteiger charge is -2.30. The molecule has 1 rings (SSSR count). The molecule has 116 valence electrons. The Kier molecular flexibility index (Phi) is 6.73. The fourth-order valence-corrected chi connectivity index (χ4v) is 3.26. The Bertz CT molecular complexity index is 426. The molecule has 1 heterocycles. The smallest absolute Gasteiger partial charge is 0.0738 e. The van der Waals surface area contributed by atoms with Crippen LogP contribution in [0.2, 0.25) is 0 Å². The molecular weight excluding hydrogens is 314 g/mol. The average molecular weight is 344 g/mol. The SMILES string of the molecule is CCCC(C)(CNCC(C)C)Cc1c(Br)c(C)nn1C. The van der Waals surface area contributed by atoms with Crippen molar-refractivity contribution in [3.8, 4) is 0 Å². The Morgan fingerprint density at radius 3 is 2.50 bits per heavy atom. The highest BCUT2D eigenvalue weighted by Gasteiger charge is 2.27. The highest BCUT2D eigenvalue weighted by atomic mass is 79.9. The predicted molar refractivity (Wildman–Crippen MR) is 90.1 cm³/mol. The van der Waals surface area contributed by atoms with Crippen LogP contribution in [0.4, 0.5) is 0 Å². The van der Waals surface area contributed by atoms with E-state index in [1.807, 2.05) is 11.7 Å². The molecule has 0 aliphatic carbocycles. The summed E-state index contributed by atoms with van der Waals surface area (Å²) in [7, 11) is 2.04. The summed E-state index contributed by atoms with van der Waals surface area (Å²) >= 11 is 3.69. The Hall–Kier alpha value is -0.350. The molecule has 0 spiro atoms. The monoisotopic (exact) mass is 343 g/mol. The number of nitrogens with zero attached hydrogens (tertiary/aromatic N) is 2. The first-order valence-corrected chi connectivity index (χ1v) is 8.47. The number of aryl methyl sites for hydroxylation is 2. The maximum atomic E-state index is 4.51. The number of rotatable bonds is 8. The molecule has 0 amide bonds. The van der Waals surface area contributed by atoms with Gasteiger partial charge in [-0.2, -0.15) is 5.10 Å². The first-order valence-electron chi connectivity index (χ1n) is 7.67. The van der Waals surface area contributed by atoms with Crippen LogP contribution in [-0.2, 0) is 13.5 Å². The largest absolute Gasteiger partial charge is 0.316 e. The molecule has 1 N–H and O–H groups in total. The van der Waals surface area contributed by atoms with E-state index in [2.05, 4.69) is 61.0 Å². The van der Waals surface area contributed by atoms with Crippen molar-refractivity contribution in [1.29, 1.82) is 0 Å². The van der Waals surface area contributed by atoms with Crippen molar-refractivity contribution >= 4 is 15.9 Å². The third-order valence-electron chi connectivity index (χ3n) is 3.81. The van der Waals surface area contributed by atoms with Crippen LogP contribution < -0.4 is 5.32 Å². The van der Waals surface area contributed by atoms with Crippen LogP contribution >= 0.6 is 15.9 Å². The van der Waals surface area contributed by atoms with Crippen LogP contribution in [0.3, 0.4) is 0 Å². The molecule has 0 radical (unpaired) electrons. The van der Waals surface area contributed by atoms with Crippen LogP contribution in [0.15, 0.2) is 4.47 Å². The topological polar surface area (TPSA) is 29.9 Å². The summed E-state index contributed by atoms with van der Waals surface area (Å²) in [6, 6.07) is 0. The van der Waals surface area contributed by atoms with E-state index in [1.54, 1.807) is 0 Å². The van der Waals surface area contributed by atoms with Crippen molar-refractivity contribution in [2.24, 2.45) is 18.4 Å². The highest BCUT2D eigenvalue weighted by molar-refractivity contribution is 9.10. The summed E-state index contributed by atoms with van der Waals surface area (Å²) in [6.07, 6.45) is 3.51. The van der Waals surface area contributed by atoms with Crippen LogP contribution in [-0.4, -0.2) is 22.9 Å². The minimum Gasteiger partial charge on any atom is -0.316 e. The van der Waals surface area contributed by atoms with Gasteiger partial charge in [-0.15, -0.1) is 0 Å². The Morgan fingerprint density at radius 2 is 2.05 bits per heavy atom. The maximum Gasteiger partial charge on any atom is 0.0738 e. The van der Waals surface area contributed by atoms with Gasteiger partial charge in [-0.3, -0.25) is 4.68 Å². The molecule has 4 heteroatoms. The van der Waals surface area contributed by atoms with Crippen LogP contribution in [0.1, 0.15) is 51.9 Å². The summed E-state index contributed by atoms with van der Waals surface area (Å²) < 4.78 is 3.20. The molecule has 1 atom stereocenters. The van der Waals surface area contributed by atoms with Gasteiger partial charge >= 0.3 is 0 Å². The number of nitrogens with one attached hydrogen (secondary N) is 1. The third-order valence-corrected chi connectivity index (χ3v) is 4.85. The van der Waals surface area contributed by atoms with E-state index in [0.29, 0.717) is 5.92 Å². The lowest BCUT2D eigenvalue weighted by atomic mass is 9.81. The molecule has 0 aromatic carbocycles. The minimum atomic E-state index is 0.284. The van der Waals surface area contributed by atoms with Gasteiger partial charge in [0.2, 0.25) is 0 Å². The van der Waals surface area contributed by atoms with Gasteiger partial charge in [-0.1, -0.05) is 34.1 Å². The molecule has 3 nitrogen and oxygen atoms in total. The van der Waals surface area contributed by atoms with Crippen molar-refractivity contribution in [3.63, 3.8) is 0 Å². The fourth-order valence-electron chi connectivity index (χ4n) is 2.78. The molecule has 0 saturated heterocycles. The summed E-state index contributed by atoms with van der Waals surface area (Å²) in [4.78, 5) is 0. The van der Waals surface area contributed by atoms with Gasteiger partial charge in [-0.05, 0) is 53.6 Å². The lowest BCUT2D eigenvalue weighted by Crippen LogP contribution is -2.36. The minimum absolute atomic E-state index is 0.284. The van der Waals surface area contributed by atoms with Crippen LogP contribution in [0, 0.1) is 18.3 Å². The lowest BCUT2D eigenvalue weighted by molar-refractivity contribution is 0.265. The normalized spacial score (nSPS) is 14.8. The summed E-state index contributed by atoms with van der Waals surface area (Å²) in [5.41, 5.74) is 2.67. The quantitative estimate of drug-likeness (QED) is 0.770. The molecule has 0 fully saturated rings. The Labute approximate surface area is 132 Å². The zero-order valence-electron chi connectivity index (χ0n) is 13.9. The first kappa shape index (κ1) is 17.7. The number of hydrogen-bond donors (Lipinski definition) is 1. The second-order valence-electron chi connectivity index (χ2n) is 6.73. The van der Waals surface area contributed by atoms with Gasteiger partial charge in [0.1, 0.15) is 0 Å². The van der Waals surface area contributed by atoms with Crippen LogP contribution in [0.5, 0.6) is 0 Å². The van der Waals surface area contributed by atoms with Crippen molar-refractivity contribution in [2.45, 2.75) is 53.9 Å².